The van der Waals surface area contributed by atoms with E-state index in [0.29, 0.717) is 26.1 Å². The van der Waals surface area contributed by atoms with Crippen LogP contribution in [-0.2, 0) is 20.7 Å². The molecule has 0 radical (unpaired) electrons. The van der Waals surface area contributed by atoms with Gasteiger partial charge in [-0.3, -0.25) is 9.59 Å². The van der Waals surface area contributed by atoms with Crippen molar-refractivity contribution in [1.82, 2.24) is 9.80 Å². The van der Waals surface area contributed by atoms with Crippen LogP contribution < -0.4 is 4.74 Å². The summed E-state index contributed by atoms with van der Waals surface area (Å²) in [7, 11) is 3.46. The van der Waals surface area contributed by atoms with Crippen LogP contribution in [0.2, 0.25) is 0 Å². The van der Waals surface area contributed by atoms with Gasteiger partial charge in [0.1, 0.15) is 17.9 Å². The van der Waals surface area contributed by atoms with Crippen molar-refractivity contribution in [2.75, 3.05) is 33.9 Å². The average Bonchev–Trinajstić information content (AvgIpc) is 3.32. The lowest BCUT2D eigenvalue weighted by Crippen LogP contribution is -2.60. The van der Waals surface area contributed by atoms with Crippen LogP contribution in [0.15, 0.2) is 48.5 Å². The number of hydrogen-bond acceptors (Lipinski definition) is 4. The number of amides is 2. The van der Waals surface area contributed by atoms with Gasteiger partial charge in [0.05, 0.1) is 7.11 Å². The van der Waals surface area contributed by atoms with E-state index in [1.807, 2.05) is 48.5 Å². The van der Waals surface area contributed by atoms with Crippen LogP contribution in [0.1, 0.15) is 18.4 Å². The van der Waals surface area contributed by atoms with Gasteiger partial charge >= 0.3 is 0 Å². The second kappa shape index (κ2) is 8.88. The number of methoxy groups -OCH3 is 1. The molecule has 2 heterocycles. The summed E-state index contributed by atoms with van der Waals surface area (Å²) in [6.45, 7) is 1.73. The third-order valence-corrected chi connectivity index (χ3v) is 5.99. The Morgan fingerprint density at radius 3 is 2.63 bits per heavy atom. The first-order valence-corrected chi connectivity index (χ1v) is 10.5. The molecule has 6 nitrogen and oxygen atoms in total. The molecule has 2 saturated heterocycles. The van der Waals surface area contributed by atoms with Gasteiger partial charge in [-0.1, -0.05) is 36.4 Å². The number of rotatable bonds is 5. The highest BCUT2D eigenvalue weighted by Gasteiger charge is 2.39. The monoisotopic (exact) mass is 408 g/mol. The van der Waals surface area contributed by atoms with Crippen molar-refractivity contribution in [2.24, 2.45) is 0 Å². The summed E-state index contributed by atoms with van der Waals surface area (Å²) in [4.78, 5) is 29.3. The number of ether oxygens (including phenoxy) is 2. The predicted octanol–water partition coefficient (Wildman–Crippen LogP) is 2.75. The van der Waals surface area contributed by atoms with Gasteiger partial charge in [-0.2, -0.15) is 0 Å². The molecule has 0 saturated carbocycles. The normalized spacial score (nSPS) is 21.7. The van der Waals surface area contributed by atoms with E-state index in [1.165, 1.54) is 0 Å². The molecule has 2 fully saturated rings. The minimum absolute atomic E-state index is 0.00975. The first kappa shape index (κ1) is 20.4. The minimum atomic E-state index is -0.483. The Hall–Kier alpha value is -2.86. The van der Waals surface area contributed by atoms with Crippen LogP contribution in [0.4, 0.5) is 0 Å². The molecule has 0 bridgehead atoms. The number of piperazine rings is 1. The first-order chi connectivity index (χ1) is 14.6. The second-order valence-corrected chi connectivity index (χ2v) is 7.94. The van der Waals surface area contributed by atoms with Crippen LogP contribution in [0.5, 0.6) is 5.75 Å². The van der Waals surface area contributed by atoms with Crippen molar-refractivity contribution in [1.29, 1.82) is 0 Å². The fourth-order valence-electron chi connectivity index (χ4n) is 4.19. The number of hydrogen-bond donors (Lipinski definition) is 0. The van der Waals surface area contributed by atoms with Crippen LogP contribution in [0.3, 0.4) is 0 Å². The maximum absolute atomic E-state index is 13.0. The Balaban J connectivity index is 1.52. The van der Waals surface area contributed by atoms with Crippen molar-refractivity contribution in [3.8, 4) is 16.9 Å². The van der Waals surface area contributed by atoms with Gasteiger partial charge in [-0.25, -0.2) is 0 Å². The van der Waals surface area contributed by atoms with E-state index in [1.54, 1.807) is 24.0 Å². The summed E-state index contributed by atoms with van der Waals surface area (Å²) in [5.74, 6) is 0.757. The number of nitrogens with zero attached hydrogens (tertiary/aromatic N) is 2. The van der Waals surface area contributed by atoms with Crippen molar-refractivity contribution in [2.45, 2.75) is 31.4 Å². The van der Waals surface area contributed by atoms with Gasteiger partial charge in [-0.15, -0.1) is 0 Å². The quantitative estimate of drug-likeness (QED) is 0.763. The number of benzene rings is 2. The molecule has 2 aromatic carbocycles. The van der Waals surface area contributed by atoms with E-state index < -0.39 is 12.1 Å². The van der Waals surface area contributed by atoms with Crippen molar-refractivity contribution < 1.29 is 19.1 Å². The van der Waals surface area contributed by atoms with Gasteiger partial charge in [-0.05, 0) is 41.7 Å². The molecule has 2 amide bonds. The fraction of sp³-hybridized carbons (Fsp3) is 0.417. The summed E-state index contributed by atoms with van der Waals surface area (Å²) < 4.78 is 10.9. The van der Waals surface area contributed by atoms with Gasteiger partial charge in [0.15, 0.2) is 0 Å². The lowest BCUT2D eigenvalue weighted by molar-refractivity contribution is -0.155. The lowest BCUT2D eigenvalue weighted by Gasteiger charge is -2.40. The topological polar surface area (TPSA) is 59.1 Å². The van der Waals surface area contributed by atoms with Gasteiger partial charge in [0.2, 0.25) is 5.91 Å². The minimum Gasteiger partial charge on any atom is -0.497 e. The molecule has 30 heavy (non-hydrogen) atoms. The zero-order valence-electron chi connectivity index (χ0n) is 17.5. The summed E-state index contributed by atoms with van der Waals surface area (Å²) >= 11 is 0. The Morgan fingerprint density at radius 2 is 1.93 bits per heavy atom. The highest BCUT2D eigenvalue weighted by molar-refractivity contribution is 5.90. The molecule has 0 aliphatic carbocycles. The largest absolute Gasteiger partial charge is 0.497 e. The van der Waals surface area contributed by atoms with E-state index in [4.69, 9.17) is 9.47 Å². The molecule has 0 unspecified atom stereocenters. The summed E-state index contributed by atoms with van der Waals surface area (Å²) in [6.07, 6.45) is 1.73. The van der Waals surface area contributed by atoms with Crippen LogP contribution >= 0.6 is 0 Å². The molecule has 2 aromatic rings. The maximum atomic E-state index is 13.0. The Labute approximate surface area is 177 Å². The molecule has 6 heteroatoms. The Bertz CT molecular complexity index is 906. The van der Waals surface area contributed by atoms with E-state index in [-0.39, 0.29) is 11.8 Å². The van der Waals surface area contributed by atoms with Gasteiger partial charge in [0, 0.05) is 33.2 Å². The molecular formula is C24H28N2O4. The SMILES string of the molecule is COc1cccc(-c2ccc(C[C@@H]3C(=O)N(C)CCN3C(=O)[C@@H]3CCCO3)cc2)c1. The van der Waals surface area contributed by atoms with Gasteiger partial charge < -0.3 is 19.3 Å². The van der Waals surface area contributed by atoms with Crippen LogP contribution in [0.25, 0.3) is 11.1 Å². The third-order valence-electron chi connectivity index (χ3n) is 5.99. The molecule has 2 atom stereocenters. The fourth-order valence-corrected chi connectivity index (χ4v) is 4.19. The number of carbonyl (C=O) groups is 2. The van der Waals surface area contributed by atoms with Crippen molar-refractivity contribution in [3.05, 3.63) is 54.1 Å². The molecule has 4 rings (SSSR count). The third kappa shape index (κ3) is 4.19. The van der Waals surface area contributed by atoms with E-state index in [0.717, 1.165) is 35.3 Å². The average molecular weight is 408 g/mol. The highest BCUT2D eigenvalue weighted by Crippen LogP contribution is 2.26. The van der Waals surface area contributed by atoms with Gasteiger partial charge in [0.25, 0.3) is 5.91 Å². The van der Waals surface area contributed by atoms with E-state index in [9.17, 15) is 9.59 Å². The Morgan fingerprint density at radius 1 is 1.13 bits per heavy atom. The van der Waals surface area contributed by atoms with Crippen molar-refractivity contribution >= 4 is 11.8 Å². The zero-order valence-corrected chi connectivity index (χ0v) is 17.5. The standard InChI is InChI=1S/C24H28N2O4/c1-25-12-13-26(24(28)22-7-4-14-30-22)21(23(25)27)15-17-8-10-18(11-9-17)19-5-3-6-20(16-19)29-2/h3,5-6,8-11,16,21-22H,4,7,12-15H2,1-2H3/t21-,22+/m1/s1. The van der Waals surface area contributed by atoms with E-state index >= 15 is 0 Å². The Kier molecular flexibility index (Phi) is 6.04. The first-order valence-electron chi connectivity index (χ1n) is 10.5. The van der Waals surface area contributed by atoms with E-state index in [2.05, 4.69) is 0 Å². The zero-order chi connectivity index (χ0) is 21.1. The predicted molar refractivity (Wildman–Crippen MR) is 114 cm³/mol. The molecule has 158 valence electrons. The van der Waals surface area contributed by atoms with Crippen LogP contribution in [0, 0.1) is 0 Å². The molecule has 2 aliphatic heterocycles. The van der Waals surface area contributed by atoms with Crippen molar-refractivity contribution in [3.63, 3.8) is 0 Å². The number of likely N-dealkylation sites (N-methyl/N-ethyl adjacent to an activating group) is 1. The summed E-state index contributed by atoms with van der Waals surface area (Å²) in [5, 5.41) is 0. The molecular weight excluding hydrogens is 380 g/mol. The molecule has 2 aliphatic rings. The highest BCUT2D eigenvalue weighted by atomic mass is 16.5. The summed E-state index contributed by atoms with van der Waals surface area (Å²) in [5.41, 5.74) is 3.18. The summed E-state index contributed by atoms with van der Waals surface area (Å²) in [6, 6.07) is 15.6. The molecule has 0 spiro atoms. The second-order valence-electron chi connectivity index (χ2n) is 7.94. The smallest absolute Gasteiger partial charge is 0.252 e. The van der Waals surface area contributed by atoms with Crippen LogP contribution in [-0.4, -0.2) is 67.6 Å². The lowest BCUT2D eigenvalue weighted by atomic mass is 9.97. The molecule has 0 aromatic heterocycles. The maximum Gasteiger partial charge on any atom is 0.252 e. The number of carbonyl (C=O) groups excluding carboxylic acids is 2. The molecule has 0 N–H and O–H groups in total.